The third-order valence-electron chi connectivity index (χ3n) is 4.11. The van der Waals surface area contributed by atoms with Crippen molar-refractivity contribution in [3.63, 3.8) is 0 Å². The summed E-state index contributed by atoms with van der Waals surface area (Å²) in [7, 11) is 0. The fourth-order valence-electron chi connectivity index (χ4n) is 2.90. The first-order valence-electron chi connectivity index (χ1n) is 8.11. The molecule has 0 fully saturated rings. The van der Waals surface area contributed by atoms with Crippen molar-refractivity contribution in [2.75, 3.05) is 11.4 Å². The van der Waals surface area contributed by atoms with Crippen LogP contribution in [0.15, 0.2) is 48.5 Å². The van der Waals surface area contributed by atoms with Gasteiger partial charge in [0.2, 0.25) is 0 Å². The van der Waals surface area contributed by atoms with Crippen LogP contribution in [0.25, 0.3) is 0 Å². The van der Waals surface area contributed by atoms with Crippen LogP contribution >= 0.6 is 0 Å². The van der Waals surface area contributed by atoms with Gasteiger partial charge in [-0.25, -0.2) is 4.79 Å². The first kappa shape index (κ1) is 17.8. The van der Waals surface area contributed by atoms with Gasteiger partial charge in [0.05, 0.1) is 0 Å². The number of alkyl halides is 2. The zero-order valence-electron chi connectivity index (χ0n) is 14.0. The molecule has 2 aromatic rings. The molecule has 0 saturated heterocycles. The van der Waals surface area contributed by atoms with E-state index < -0.39 is 18.7 Å². The number of para-hydroxylation sites is 2. The molecular weight excluding hydrogens is 344 g/mol. The van der Waals surface area contributed by atoms with Crippen LogP contribution in [-0.4, -0.2) is 31.1 Å². The first-order valence-corrected chi connectivity index (χ1v) is 8.11. The molecule has 2 aromatic carbocycles. The van der Waals surface area contributed by atoms with E-state index in [9.17, 15) is 18.4 Å². The number of anilines is 1. The van der Waals surface area contributed by atoms with Gasteiger partial charge in [-0.1, -0.05) is 30.3 Å². The maximum absolute atomic E-state index is 12.6. The van der Waals surface area contributed by atoms with Gasteiger partial charge in [0.25, 0.3) is 5.91 Å². The van der Waals surface area contributed by atoms with Crippen molar-refractivity contribution < 1.29 is 27.8 Å². The number of nitrogens with zero attached hydrogens (tertiary/aromatic N) is 1. The van der Waals surface area contributed by atoms with Gasteiger partial charge < -0.3 is 14.4 Å². The molecule has 136 valence electrons. The van der Waals surface area contributed by atoms with Crippen molar-refractivity contribution in [1.82, 2.24) is 0 Å². The van der Waals surface area contributed by atoms with Crippen LogP contribution in [0.4, 0.5) is 14.5 Å². The van der Waals surface area contributed by atoms with Crippen molar-refractivity contribution in [3.8, 4) is 5.75 Å². The van der Waals surface area contributed by atoms with Gasteiger partial charge in [0.15, 0.2) is 6.10 Å². The fourth-order valence-corrected chi connectivity index (χ4v) is 2.90. The third kappa shape index (κ3) is 3.66. The lowest BCUT2D eigenvalue weighted by Gasteiger charge is -2.22. The largest absolute Gasteiger partial charge is 0.449 e. The Morgan fingerprint density at radius 2 is 1.77 bits per heavy atom. The van der Waals surface area contributed by atoms with Gasteiger partial charge in [-0.3, -0.25) is 4.79 Å². The maximum atomic E-state index is 12.6. The van der Waals surface area contributed by atoms with Gasteiger partial charge in [0.1, 0.15) is 11.3 Å². The summed E-state index contributed by atoms with van der Waals surface area (Å²) in [5.41, 5.74) is 1.69. The molecule has 1 aliphatic heterocycles. The number of carbonyl (C=O) groups is 2. The summed E-state index contributed by atoms with van der Waals surface area (Å²) in [5, 5.41) is 0. The first-order chi connectivity index (χ1) is 12.5. The highest BCUT2D eigenvalue weighted by molar-refractivity contribution is 6.00. The van der Waals surface area contributed by atoms with E-state index in [0.717, 1.165) is 17.7 Å². The van der Waals surface area contributed by atoms with Gasteiger partial charge in [0, 0.05) is 12.2 Å². The van der Waals surface area contributed by atoms with Gasteiger partial charge >= 0.3 is 12.6 Å². The number of halogens is 2. The Morgan fingerprint density at radius 1 is 1.08 bits per heavy atom. The molecule has 0 bridgehead atoms. The Kier molecular flexibility index (Phi) is 5.16. The molecule has 0 radical (unpaired) electrons. The van der Waals surface area contributed by atoms with E-state index >= 15 is 0 Å². The molecule has 1 heterocycles. The summed E-state index contributed by atoms with van der Waals surface area (Å²) in [6.45, 7) is -1.10. The average Bonchev–Trinajstić information content (AvgIpc) is 3.05. The van der Waals surface area contributed by atoms with E-state index in [4.69, 9.17) is 4.74 Å². The molecule has 26 heavy (non-hydrogen) atoms. The smallest absolute Gasteiger partial charge is 0.387 e. The molecule has 0 saturated carbocycles. The molecule has 5 nitrogen and oxygen atoms in total. The molecule has 0 aliphatic carbocycles. The van der Waals surface area contributed by atoms with E-state index in [2.05, 4.69) is 4.74 Å². The minimum atomic E-state index is -3.07. The number of esters is 1. The van der Waals surface area contributed by atoms with Gasteiger partial charge in [-0.15, -0.1) is 0 Å². The lowest BCUT2D eigenvalue weighted by atomic mass is 10.2. The Hall–Kier alpha value is -2.96. The Balaban J connectivity index is 1.71. The quantitative estimate of drug-likeness (QED) is 0.766. The topological polar surface area (TPSA) is 55.8 Å². The van der Waals surface area contributed by atoms with E-state index in [1.54, 1.807) is 4.90 Å². The van der Waals surface area contributed by atoms with Gasteiger partial charge in [-0.05, 0) is 37.1 Å². The second-order valence-corrected chi connectivity index (χ2v) is 5.79. The predicted octanol–water partition coefficient (Wildman–Crippen LogP) is 3.42. The number of amides is 1. The maximum Gasteiger partial charge on any atom is 0.387 e. The lowest BCUT2D eigenvalue weighted by molar-refractivity contribution is -0.126. The summed E-state index contributed by atoms with van der Waals surface area (Å²) < 4.78 is 34.4. The highest BCUT2D eigenvalue weighted by Gasteiger charge is 2.30. The minimum Gasteiger partial charge on any atom is -0.449 e. The van der Waals surface area contributed by atoms with Crippen molar-refractivity contribution >= 4 is 17.6 Å². The van der Waals surface area contributed by atoms with Crippen molar-refractivity contribution in [3.05, 3.63) is 59.7 Å². The average molecular weight is 361 g/mol. The lowest BCUT2D eigenvalue weighted by Crippen LogP contribution is -2.39. The van der Waals surface area contributed by atoms with Gasteiger partial charge in [-0.2, -0.15) is 8.78 Å². The monoisotopic (exact) mass is 361 g/mol. The van der Waals surface area contributed by atoms with Crippen LogP contribution in [0, 0.1) is 0 Å². The van der Waals surface area contributed by atoms with Crippen LogP contribution in [0.3, 0.4) is 0 Å². The van der Waals surface area contributed by atoms with Crippen molar-refractivity contribution in [1.29, 1.82) is 0 Å². The normalized spacial score (nSPS) is 14.1. The molecule has 1 atom stereocenters. The predicted molar refractivity (Wildman–Crippen MR) is 90.5 cm³/mol. The SMILES string of the molecule is CC(OC(=O)c1ccccc1OC(F)F)C(=O)N1CCc2ccccc21. The van der Waals surface area contributed by atoms with Crippen LogP contribution in [0.2, 0.25) is 0 Å². The van der Waals surface area contributed by atoms with Crippen LogP contribution in [0.1, 0.15) is 22.8 Å². The highest BCUT2D eigenvalue weighted by atomic mass is 19.3. The molecule has 1 amide bonds. The molecule has 1 aliphatic rings. The minimum absolute atomic E-state index is 0.158. The van der Waals surface area contributed by atoms with E-state index in [-0.39, 0.29) is 17.2 Å². The number of carbonyl (C=O) groups excluding carboxylic acids is 2. The Morgan fingerprint density at radius 3 is 2.54 bits per heavy atom. The zero-order chi connectivity index (χ0) is 18.7. The number of hydrogen-bond donors (Lipinski definition) is 0. The molecule has 0 N–H and O–H groups in total. The highest BCUT2D eigenvalue weighted by Crippen LogP contribution is 2.28. The fraction of sp³-hybridized carbons (Fsp3) is 0.263. The number of hydrogen-bond acceptors (Lipinski definition) is 4. The van der Waals surface area contributed by atoms with Crippen LogP contribution in [-0.2, 0) is 16.0 Å². The molecule has 3 rings (SSSR count). The van der Waals surface area contributed by atoms with Crippen molar-refractivity contribution in [2.24, 2.45) is 0 Å². The third-order valence-corrected chi connectivity index (χ3v) is 4.11. The summed E-state index contributed by atoms with van der Waals surface area (Å²) in [4.78, 5) is 26.5. The second kappa shape index (κ2) is 7.51. The van der Waals surface area contributed by atoms with E-state index in [1.807, 2.05) is 24.3 Å². The summed E-state index contributed by atoms with van der Waals surface area (Å²) >= 11 is 0. The summed E-state index contributed by atoms with van der Waals surface area (Å²) in [6, 6.07) is 13.0. The Bertz CT molecular complexity index is 825. The Labute approximate surface area is 149 Å². The molecule has 0 aromatic heterocycles. The summed E-state index contributed by atoms with van der Waals surface area (Å²) in [5.74, 6) is -1.55. The summed E-state index contributed by atoms with van der Waals surface area (Å²) in [6.07, 6.45) is -0.332. The van der Waals surface area contributed by atoms with E-state index in [0.29, 0.717) is 6.54 Å². The van der Waals surface area contributed by atoms with Crippen LogP contribution in [0.5, 0.6) is 5.75 Å². The molecule has 1 unspecified atom stereocenters. The molecule has 0 spiro atoms. The number of fused-ring (bicyclic) bond motifs is 1. The van der Waals surface area contributed by atoms with Crippen LogP contribution < -0.4 is 9.64 Å². The van der Waals surface area contributed by atoms with E-state index in [1.165, 1.54) is 31.2 Å². The number of benzene rings is 2. The molecular formula is C19H17F2NO4. The number of rotatable bonds is 5. The van der Waals surface area contributed by atoms with Crippen molar-refractivity contribution in [2.45, 2.75) is 26.1 Å². The number of ether oxygens (including phenoxy) is 2. The zero-order valence-corrected chi connectivity index (χ0v) is 14.0. The second-order valence-electron chi connectivity index (χ2n) is 5.79. The standard InChI is InChI=1S/C19H17F2NO4/c1-12(17(23)22-11-10-13-6-2-4-8-15(13)22)25-18(24)14-7-3-5-9-16(14)26-19(20)21/h2-9,12,19H,10-11H2,1H3. The molecule has 7 heteroatoms.